The molecule has 0 spiro atoms. The molecule has 2 heteroatoms. The van der Waals surface area contributed by atoms with E-state index in [0.29, 0.717) is 6.54 Å². The van der Waals surface area contributed by atoms with Crippen LogP contribution in [-0.4, -0.2) is 12.3 Å². The maximum Gasteiger partial charge on any atom is 0.0421 e. The molecular weight excluding hydrogens is 160 g/mol. The molecular formula is C11H14N2. The summed E-state index contributed by atoms with van der Waals surface area (Å²) in [5, 5.41) is 0. The van der Waals surface area contributed by atoms with E-state index in [4.69, 9.17) is 5.73 Å². The van der Waals surface area contributed by atoms with Gasteiger partial charge in [-0.25, -0.2) is 0 Å². The highest BCUT2D eigenvalue weighted by molar-refractivity contribution is 6.01. The fourth-order valence-corrected chi connectivity index (χ4v) is 1.61. The molecule has 0 atom stereocenters. The average molecular weight is 174 g/mol. The van der Waals surface area contributed by atoms with Gasteiger partial charge in [0.25, 0.3) is 0 Å². The van der Waals surface area contributed by atoms with E-state index in [1.807, 2.05) is 0 Å². The third-order valence-electron chi connectivity index (χ3n) is 2.40. The van der Waals surface area contributed by atoms with Gasteiger partial charge in [0.2, 0.25) is 0 Å². The second kappa shape index (κ2) is 3.71. The molecule has 0 radical (unpaired) electrons. The molecule has 1 aromatic carbocycles. The van der Waals surface area contributed by atoms with Gasteiger partial charge in [0, 0.05) is 18.8 Å². The Morgan fingerprint density at radius 1 is 1.23 bits per heavy atom. The summed E-state index contributed by atoms with van der Waals surface area (Å²) < 4.78 is 0. The first-order valence-corrected chi connectivity index (χ1v) is 4.73. The van der Waals surface area contributed by atoms with Crippen LogP contribution in [0.15, 0.2) is 29.3 Å². The topological polar surface area (TPSA) is 38.4 Å². The van der Waals surface area contributed by atoms with E-state index in [0.717, 1.165) is 13.0 Å². The highest BCUT2D eigenvalue weighted by Crippen LogP contribution is 2.13. The Bertz CT molecular complexity index is 311. The van der Waals surface area contributed by atoms with Gasteiger partial charge in [0.05, 0.1) is 0 Å². The molecule has 0 saturated carbocycles. The lowest BCUT2D eigenvalue weighted by Crippen LogP contribution is -1.99. The van der Waals surface area contributed by atoms with E-state index >= 15 is 0 Å². The Morgan fingerprint density at radius 3 is 2.54 bits per heavy atom. The molecule has 1 heterocycles. The zero-order chi connectivity index (χ0) is 9.10. The normalized spacial score (nSPS) is 15.9. The molecule has 0 amide bonds. The van der Waals surface area contributed by atoms with Gasteiger partial charge in [-0.2, -0.15) is 0 Å². The van der Waals surface area contributed by atoms with Gasteiger partial charge < -0.3 is 5.73 Å². The summed E-state index contributed by atoms with van der Waals surface area (Å²) in [6.45, 7) is 1.61. The number of benzene rings is 1. The van der Waals surface area contributed by atoms with Gasteiger partial charge >= 0.3 is 0 Å². The first-order chi connectivity index (χ1) is 6.40. The summed E-state index contributed by atoms with van der Waals surface area (Å²) in [5.41, 5.74) is 9.22. The van der Waals surface area contributed by atoms with Crippen molar-refractivity contribution in [3.63, 3.8) is 0 Å². The van der Waals surface area contributed by atoms with Gasteiger partial charge in [-0.15, -0.1) is 0 Å². The van der Waals surface area contributed by atoms with Crippen molar-refractivity contribution in [2.75, 3.05) is 6.54 Å². The van der Waals surface area contributed by atoms with Crippen LogP contribution < -0.4 is 5.73 Å². The SMILES string of the molecule is NCc1ccc(C2=NCCC2)cc1. The Balaban J connectivity index is 2.22. The van der Waals surface area contributed by atoms with E-state index in [1.165, 1.54) is 23.3 Å². The van der Waals surface area contributed by atoms with Crippen LogP contribution in [0.1, 0.15) is 24.0 Å². The smallest absolute Gasteiger partial charge is 0.0421 e. The van der Waals surface area contributed by atoms with Crippen molar-refractivity contribution in [2.45, 2.75) is 19.4 Å². The quantitative estimate of drug-likeness (QED) is 0.728. The van der Waals surface area contributed by atoms with Crippen LogP contribution in [0.5, 0.6) is 0 Å². The van der Waals surface area contributed by atoms with Crippen LogP contribution in [0.2, 0.25) is 0 Å². The minimum atomic E-state index is 0.618. The third-order valence-corrected chi connectivity index (χ3v) is 2.40. The van der Waals surface area contributed by atoms with Crippen molar-refractivity contribution in [3.05, 3.63) is 35.4 Å². The minimum Gasteiger partial charge on any atom is -0.326 e. The summed E-state index contributed by atoms with van der Waals surface area (Å²) >= 11 is 0. The van der Waals surface area contributed by atoms with Gasteiger partial charge in [-0.3, -0.25) is 4.99 Å². The van der Waals surface area contributed by atoms with E-state index in [1.54, 1.807) is 0 Å². The summed E-state index contributed by atoms with van der Waals surface area (Å²) in [7, 11) is 0. The Kier molecular flexibility index (Phi) is 2.41. The molecule has 68 valence electrons. The average Bonchev–Trinajstić information content (AvgIpc) is 2.71. The highest BCUT2D eigenvalue weighted by Gasteiger charge is 2.07. The predicted molar refractivity (Wildman–Crippen MR) is 55.0 cm³/mol. The molecule has 0 saturated heterocycles. The standard InChI is InChI=1S/C11H14N2/c12-8-9-3-5-10(6-4-9)11-2-1-7-13-11/h3-6H,1-2,7-8,12H2. The zero-order valence-corrected chi connectivity index (χ0v) is 7.66. The molecule has 0 aromatic heterocycles. The first-order valence-electron chi connectivity index (χ1n) is 4.73. The van der Waals surface area contributed by atoms with Gasteiger partial charge in [-0.05, 0) is 24.0 Å². The Hall–Kier alpha value is -1.15. The maximum absolute atomic E-state index is 5.52. The van der Waals surface area contributed by atoms with E-state index in [2.05, 4.69) is 29.3 Å². The number of rotatable bonds is 2. The van der Waals surface area contributed by atoms with E-state index in [-0.39, 0.29) is 0 Å². The molecule has 1 aliphatic heterocycles. The Labute approximate surface area is 78.5 Å². The molecule has 1 aromatic rings. The monoisotopic (exact) mass is 174 g/mol. The van der Waals surface area contributed by atoms with Crippen molar-refractivity contribution in [1.29, 1.82) is 0 Å². The lowest BCUT2D eigenvalue weighted by Gasteiger charge is -2.01. The summed E-state index contributed by atoms with van der Waals surface area (Å²) in [4.78, 5) is 4.45. The van der Waals surface area contributed by atoms with Crippen LogP contribution >= 0.6 is 0 Å². The van der Waals surface area contributed by atoms with Crippen molar-refractivity contribution in [1.82, 2.24) is 0 Å². The second-order valence-electron chi connectivity index (χ2n) is 3.33. The largest absolute Gasteiger partial charge is 0.326 e. The molecule has 2 nitrogen and oxygen atoms in total. The summed E-state index contributed by atoms with van der Waals surface area (Å²) in [5.74, 6) is 0. The molecule has 0 fully saturated rings. The molecule has 1 aliphatic rings. The van der Waals surface area contributed by atoms with Gasteiger partial charge in [-0.1, -0.05) is 24.3 Å². The van der Waals surface area contributed by atoms with Crippen LogP contribution in [0.4, 0.5) is 0 Å². The second-order valence-corrected chi connectivity index (χ2v) is 3.33. The summed E-state index contributed by atoms with van der Waals surface area (Å²) in [6, 6.07) is 8.39. The summed E-state index contributed by atoms with van der Waals surface area (Å²) in [6.07, 6.45) is 2.33. The highest BCUT2D eigenvalue weighted by atomic mass is 14.8. The molecule has 2 rings (SSSR count). The van der Waals surface area contributed by atoms with Gasteiger partial charge in [0.15, 0.2) is 0 Å². The number of hydrogen-bond acceptors (Lipinski definition) is 2. The van der Waals surface area contributed by atoms with Crippen LogP contribution in [0, 0.1) is 0 Å². The van der Waals surface area contributed by atoms with E-state index < -0.39 is 0 Å². The number of nitrogens with two attached hydrogens (primary N) is 1. The fraction of sp³-hybridized carbons (Fsp3) is 0.364. The molecule has 2 N–H and O–H groups in total. The number of hydrogen-bond donors (Lipinski definition) is 1. The molecule has 0 unspecified atom stereocenters. The van der Waals surface area contributed by atoms with Crippen molar-refractivity contribution < 1.29 is 0 Å². The lowest BCUT2D eigenvalue weighted by atomic mass is 10.1. The van der Waals surface area contributed by atoms with Crippen molar-refractivity contribution in [2.24, 2.45) is 10.7 Å². The fourth-order valence-electron chi connectivity index (χ4n) is 1.61. The lowest BCUT2D eigenvalue weighted by molar-refractivity contribution is 0.951. The van der Waals surface area contributed by atoms with Crippen LogP contribution in [0.25, 0.3) is 0 Å². The van der Waals surface area contributed by atoms with Crippen LogP contribution in [-0.2, 0) is 6.54 Å². The predicted octanol–water partition coefficient (Wildman–Crippen LogP) is 1.73. The zero-order valence-electron chi connectivity index (χ0n) is 7.66. The minimum absolute atomic E-state index is 0.618. The molecule has 13 heavy (non-hydrogen) atoms. The van der Waals surface area contributed by atoms with Crippen LogP contribution in [0.3, 0.4) is 0 Å². The van der Waals surface area contributed by atoms with E-state index in [9.17, 15) is 0 Å². The molecule has 0 bridgehead atoms. The first kappa shape index (κ1) is 8.45. The maximum atomic E-state index is 5.52. The number of nitrogens with zero attached hydrogens (tertiary/aromatic N) is 1. The van der Waals surface area contributed by atoms with Crippen molar-refractivity contribution >= 4 is 5.71 Å². The van der Waals surface area contributed by atoms with Crippen molar-refractivity contribution in [3.8, 4) is 0 Å². The molecule has 0 aliphatic carbocycles. The van der Waals surface area contributed by atoms with Gasteiger partial charge in [0.1, 0.15) is 0 Å². The Morgan fingerprint density at radius 2 is 2.00 bits per heavy atom. The number of aliphatic imine (C=N–C) groups is 1. The third kappa shape index (κ3) is 1.78.